The molecule has 8 heteroatoms. The number of morpholine rings is 1. The summed E-state index contributed by atoms with van der Waals surface area (Å²) in [7, 11) is 1.60. The van der Waals surface area contributed by atoms with Gasteiger partial charge in [0.25, 0.3) is 11.5 Å². The largest absolute Gasteiger partial charge is 0.370 e. The van der Waals surface area contributed by atoms with Gasteiger partial charge in [-0.15, -0.1) is 11.3 Å². The molecule has 0 saturated carbocycles. The number of amides is 1. The van der Waals surface area contributed by atoms with Crippen LogP contribution in [0.1, 0.15) is 0 Å². The van der Waals surface area contributed by atoms with Gasteiger partial charge in [0, 0.05) is 7.05 Å². The van der Waals surface area contributed by atoms with E-state index in [-0.39, 0.29) is 11.5 Å². The first-order valence-electron chi connectivity index (χ1n) is 6.80. The predicted octanol–water partition coefficient (Wildman–Crippen LogP) is -1.53. The molecule has 0 atom stereocenters. The quantitative estimate of drug-likeness (QED) is 0.747. The molecule has 1 aliphatic rings. The summed E-state index contributed by atoms with van der Waals surface area (Å²) in [6, 6.07) is 1.80. The molecule has 0 unspecified atom stereocenters. The normalized spacial score (nSPS) is 16.2. The van der Waals surface area contributed by atoms with E-state index in [2.05, 4.69) is 4.98 Å². The first-order chi connectivity index (χ1) is 10.2. The Morgan fingerprint density at radius 1 is 1.52 bits per heavy atom. The van der Waals surface area contributed by atoms with Gasteiger partial charge in [-0.05, 0) is 11.4 Å². The number of hydrogen-bond acceptors (Lipinski definition) is 5. The molecule has 112 valence electrons. The molecule has 0 aromatic carbocycles. The van der Waals surface area contributed by atoms with Gasteiger partial charge < -0.3 is 9.64 Å². The van der Waals surface area contributed by atoms with Crippen LogP contribution >= 0.6 is 11.3 Å². The fraction of sp³-hybridized carbons (Fsp3) is 0.462. The lowest BCUT2D eigenvalue weighted by molar-refractivity contribution is -0.900. The Bertz CT molecular complexity index is 705. The minimum Gasteiger partial charge on any atom is -0.370 e. The van der Waals surface area contributed by atoms with Crippen molar-refractivity contribution in [1.82, 2.24) is 9.66 Å². The van der Waals surface area contributed by atoms with Crippen molar-refractivity contribution in [2.75, 3.05) is 44.9 Å². The molecule has 3 rings (SSSR count). The van der Waals surface area contributed by atoms with Gasteiger partial charge in [0.2, 0.25) is 0 Å². The van der Waals surface area contributed by atoms with E-state index < -0.39 is 0 Å². The van der Waals surface area contributed by atoms with Crippen molar-refractivity contribution in [3.8, 4) is 0 Å². The van der Waals surface area contributed by atoms with Gasteiger partial charge >= 0.3 is 0 Å². The molecule has 7 nitrogen and oxygen atoms in total. The molecule has 21 heavy (non-hydrogen) atoms. The SMILES string of the molecule is CN(C(=O)C[NH+]1CCOCC1)n1cnc2ccsc2c1=O. The summed E-state index contributed by atoms with van der Waals surface area (Å²) in [4.78, 5) is 30.0. The number of ether oxygens (including phenoxy) is 1. The molecule has 2 aromatic rings. The molecule has 2 aromatic heterocycles. The van der Waals surface area contributed by atoms with Gasteiger partial charge in [-0.2, -0.15) is 0 Å². The fourth-order valence-corrected chi connectivity index (χ4v) is 3.11. The molecule has 1 fully saturated rings. The van der Waals surface area contributed by atoms with E-state index in [1.54, 1.807) is 13.1 Å². The van der Waals surface area contributed by atoms with E-state index in [0.717, 1.165) is 13.1 Å². The zero-order valence-electron chi connectivity index (χ0n) is 11.7. The van der Waals surface area contributed by atoms with Crippen molar-refractivity contribution in [3.05, 3.63) is 28.1 Å². The average Bonchev–Trinajstić information content (AvgIpc) is 2.97. The Labute approximate surface area is 125 Å². The highest BCUT2D eigenvalue weighted by atomic mass is 32.1. The zero-order chi connectivity index (χ0) is 14.8. The number of carbonyl (C=O) groups is 1. The monoisotopic (exact) mass is 309 g/mol. The van der Waals surface area contributed by atoms with E-state index in [4.69, 9.17) is 4.74 Å². The third kappa shape index (κ3) is 2.82. The molecule has 1 saturated heterocycles. The summed E-state index contributed by atoms with van der Waals surface area (Å²) in [5, 5.41) is 3.17. The van der Waals surface area contributed by atoms with Crippen LogP contribution in [0.5, 0.6) is 0 Å². The van der Waals surface area contributed by atoms with Crippen LogP contribution in [0.2, 0.25) is 0 Å². The van der Waals surface area contributed by atoms with E-state index >= 15 is 0 Å². The Kier molecular flexibility index (Phi) is 4.00. The van der Waals surface area contributed by atoms with Crippen LogP contribution in [0.3, 0.4) is 0 Å². The number of likely N-dealkylation sites (N-methyl/N-ethyl adjacent to an activating group) is 1. The van der Waals surface area contributed by atoms with Gasteiger partial charge in [-0.1, -0.05) is 0 Å². The number of rotatable bonds is 3. The number of hydrogen-bond donors (Lipinski definition) is 1. The van der Waals surface area contributed by atoms with E-state index in [9.17, 15) is 9.59 Å². The molecule has 0 bridgehead atoms. The topological polar surface area (TPSA) is 68.9 Å². The van der Waals surface area contributed by atoms with Gasteiger partial charge in [-0.3, -0.25) is 9.59 Å². The second kappa shape index (κ2) is 5.92. The van der Waals surface area contributed by atoms with Gasteiger partial charge in [0.15, 0.2) is 6.54 Å². The van der Waals surface area contributed by atoms with Crippen molar-refractivity contribution < 1.29 is 14.4 Å². The third-order valence-corrected chi connectivity index (χ3v) is 4.53. The molecule has 3 heterocycles. The summed E-state index contributed by atoms with van der Waals surface area (Å²) in [6.07, 6.45) is 1.41. The maximum absolute atomic E-state index is 12.3. The van der Waals surface area contributed by atoms with Gasteiger partial charge in [-0.25, -0.2) is 14.7 Å². The fourth-order valence-electron chi connectivity index (χ4n) is 2.34. The second-order valence-electron chi connectivity index (χ2n) is 4.99. The first kappa shape index (κ1) is 14.2. The Balaban J connectivity index is 1.79. The smallest absolute Gasteiger partial charge is 0.296 e. The van der Waals surface area contributed by atoms with Crippen LogP contribution in [-0.2, 0) is 9.53 Å². The van der Waals surface area contributed by atoms with E-state index in [1.807, 2.05) is 5.38 Å². The number of carbonyl (C=O) groups excluding carboxylic acids is 1. The Morgan fingerprint density at radius 3 is 3.05 bits per heavy atom. The standard InChI is InChI=1S/C13H16N4O3S/c1-15(11(18)8-16-3-5-20-6-4-16)17-9-14-10-2-7-21-12(10)13(17)19/h2,7,9H,3-6,8H2,1H3/p+1. The lowest BCUT2D eigenvalue weighted by atomic mass is 10.4. The maximum atomic E-state index is 12.3. The second-order valence-corrected chi connectivity index (χ2v) is 5.90. The summed E-state index contributed by atoms with van der Waals surface area (Å²) < 4.78 is 7.12. The molecule has 1 amide bonds. The maximum Gasteiger partial charge on any atom is 0.296 e. The number of aromatic nitrogens is 2. The van der Waals surface area contributed by atoms with Crippen LogP contribution in [0.4, 0.5) is 0 Å². The summed E-state index contributed by atoms with van der Waals surface area (Å²) in [5.41, 5.74) is 0.462. The Hall–Kier alpha value is -1.77. The number of nitrogens with one attached hydrogen (secondary N) is 1. The van der Waals surface area contributed by atoms with Crippen molar-refractivity contribution >= 4 is 27.5 Å². The van der Waals surface area contributed by atoms with Crippen LogP contribution < -0.4 is 15.5 Å². The highest BCUT2D eigenvalue weighted by Gasteiger charge is 2.22. The lowest BCUT2D eigenvalue weighted by Gasteiger charge is -2.25. The van der Waals surface area contributed by atoms with Crippen LogP contribution in [0.25, 0.3) is 10.2 Å². The highest BCUT2D eigenvalue weighted by molar-refractivity contribution is 7.17. The van der Waals surface area contributed by atoms with Crippen LogP contribution in [0.15, 0.2) is 22.6 Å². The van der Waals surface area contributed by atoms with E-state index in [0.29, 0.717) is 30.0 Å². The summed E-state index contributed by atoms with van der Waals surface area (Å²) in [6.45, 7) is 3.34. The molecule has 1 aliphatic heterocycles. The average molecular weight is 309 g/mol. The highest BCUT2D eigenvalue weighted by Crippen LogP contribution is 2.12. The summed E-state index contributed by atoms with van der Waals surface area (Å²) >= 11 is 1.34. The number of thiophene rings is 1. The van der Waals surface area contributed by atoms with Crippen LogP contribution in [-0.4, -0.2) is 55.5 Å². The van der Waals surface area contributed by atoms with Gasteiger partial charge in [0.05, 0.1) is 18.7 Å². The zero-order valence-corrected chi connectivity index (χ0v) is 12.6. The molecule has 0 aliphatic carbocycles. The van der Waals surface area contributed by atoms with E-state index in [1.165, 1.54) is 32.2 Å². The lowest BCUT2D eigenvalue weighted by Crippen LogP contribution is -3.15. The van der Waals surface area contributed by atoms with Crippen molar-refractivity contribution in [2.24, 2.45) is 0 Å². The summed E-state index contributed by atoms with van der Waals surface area (Å²) in [5.74, 6) is -0.105. The molecular formula is C13H17N4O3S+. The molecule has 1 N–H and O–H groups in total. The molecule has 0 radical (unpaired) electrons. The minimum absolute atomic E-state index is 0.105. The number of quaternary nitrogens is 1. The predicted molar refractivity (Wildman–Crippen MR) is 79.4 cm³/mol. The van der Waals surface area contributed by atoms with Crippen LogP contribution in [0, 0.1) is 0 Å². The minimum atomic E-state index is -0.206. The number of fused-ring (bicyclic) bond motifs is 1. The first-order valence-corrected chi connectivity index (χ1v) is 7.68. The third-order valence-electron chi connectivity index (χ3n) is 3.64. The molecule has 0 spiro atoms. The Morgan fingerprint density at radius 2 is 2.29 bits per heavy atom. The number of nitrogens with zero attached hydrogens (tertiary/aromatic N) is 3. The van der Waals surface area contributed by atoms with Gasteiger partial charge in [0.1, 0.15) is 24.1 Å². The molecular weight excluding hydrogens is 292 g/mol. The van der Waals surface area contributed by atoms with Crippen molar-refractivity contribution in [1.29, 1.82) is 0 Å². The van der Waals surface area contributed by atoms with Crippen molar-refractivity contribution in [2.45, 2.75) is 0 Å². The van der Waals surface area contributed by atoms with Crippen molar-refractivity contribution in [3.63, 3.8) is 0 Å².